The van der Waals surface area contributed by atoms with Gasteiger partial charge in [0, 0.05) is 24.9 Å². The second-order valence-electron chi connectivity index (χ2n) is 5.43. The van der Waals surface area contributed by atoms with Crippen LogP contribution in [0, 0.1) is 0 Å². The molecule has 0 saturated heterocycles. The third kappa shape index (κ3) is 4.06. The number of rotatable bonds is 4. The maximum atomic E-state index is 12.3. The number of nitrogens with zero attached hydrogens (tertiary/aromatic N) is 1. The molecule has 2 atom stereocenters. The fraction of sp³-hybridized carbons (Fsp3) is 0.786. The molecule has 0 bridgehead atoms. The molecule has 1 amide bonds. The molecule has 19 heavy (non-hydrogen) atoms. The van der Waals surface area contributed by atoms with Gasteiger partial charge in [0.1, 0.15) is 0 Å². The fourth-order valence-electron chi connectivity index (χ4n) is 2.84. The van der Waals surface area contributed by atoms with Crippen LogP contribution in [0.1, 0.15) is 46.0 Å². The molecule has 0 aromatic carbocycles. The molecular weight excluding hydrogens is 262 g/mol. The quantitative estimate of drug-likeness (QED) is 0.745. The third-order valence-corrected chi connectivity index (χ3v) is 5.53. The summed E-state index contributed by atoms with van der Waals surface area (Å²) in [6.45, 7) is 3.78. The Labute approximate surface area is 116 Å². The topological polar surface area (TPSA) is 54.5 Å². The van der Waals surface area contributed by atoms with Crippen LogP contribution in [-0.2, 0) is 14.6 Å². The molecule has 1 aliphatic carbocycles. The van der Waals surface area contributed by atoms with Crippen molar-refractivity contribution in [2.45, 2.75) is 57.2 Å². The SMILES string of the molecule is CC/C=C(/C)C(=O)N(C)C1CCCCC1S(C)(=O)=O. The van der Waals surface area contributed by atoms with Crippen molar-refractivity contribution < 1.29 is 13.2 Å². The van der Waals surface area contributed by atoms with E-state index in [-0.39, 0.29) is 11.9 Å². The predicted molar refractivity (Wildman–Crippen MR) is 77.7 cm³/mol. The average molecular weight is 287 g/mol. The lowest BCUT2D eigenvalue weighted by atomic mass is 9.93. The Morgan fingerprint density at radius 3 is 2.42 bits per heavy atom. The number of allylic oxidation sites excluding steroid dienone is 1. The summed E-state index contributed by atoms with van der Waals surface area (Å²) in [6, 6.07) is -0.184. The van der Waals surface area contributed by atoms with E-state index in [1.807, 2.05) is 13.0 Å². The monoisotopic (exact) mass is 287 g/mol. The standard InChI is InChI=1S/C14H25NO3S/c1-5-8-11(2)14(16)15(3)12-9-6-7-10-13(12)19(4,17)18/h8,12-13H,5-7,9-10H2,1-4H3/b11-8-. The highest BCUT2D eigenvalue weighted by molar-refractivity contribution is 7.91. The first-order chi connectivity index (χ1) is 8.79. The first-order valence-corrected chi connectivity index (χ1v) is 8.87. The smallest absolute Gasteiger partial charge is 0.249 e. The van der Waals surface area contributed by atoms with Crippen LogP contribution < -0.4 is 0 Å². The molecule has 2 unspecified atom stereocenters. The van der Waals surface area contributed by atoms with Crippen molar-refractivity contribution in [1.82, 2.24) is 4.90 Å². The Morgan fingerprint density at radius 2 is 1.89 bits per heavy atom. The molecule has 0 aromatic heterocycles. The molecule has 0 aliphatic heterocycles. The van der Waals surface area contributed by atoms with Crippen molar-refractivity contribution in [2.75, 3.05) is 13.3 Å². The minimum absolute atomic E-state index is 0.0533. The van der Waals surface area contributed by atoms with E-state index in [2.05, 4.69) is 0 Å². The molecule has 5 heteroatoms. The molecule has 110 valence electrons. The fourth-order valence-corrected chi connectivity index (χ4v) is 4.33. The van der Waals surface area contributed by atoms with Gasteiger partial charge in [-0.2, -0.15) is 0 Å². The summed E-state index contributed by atoms with van der Waals surface area (Å²) in [5, 5.41) is -0.412. The Hall–Kier alpha value is -0.840. The van der Waals surface area contributed by atoms with E-state index in [0.29, 0.717) is 12.0 Å². The molecule has 1 rings (SSSR count). The van der Waals surface area contributed by atoms with Gasteiger partial charge in [-0.05, 0) is 26.2 Å². The van der Waals surface area contributed by atoms with Crippen LogP contribution in [0.5, 0.6) is 0 Å². The van der Waals surface area contributed by atoms with Gasteiger partial charge in [-0.15, -0.1) is 0 Å². The van der Waals surface area contributed by atoms with E-state index in [1.165, 1.54) is 6.26 Å². The van der Waals surface area contributed by atoms with Crippen LogP contribution in [0.25, 0.3) is 0 Å². The number of carbonyl (C=O) groups excluding carboxylic acids is 1. The normalized spacial score (nSPS) is 25.2. The summed E-state index contributed by atoms with van der Waals surface area (Å²) in [6.07, 6.45) is 7.34. The van der Waals surface area contributed by atoms with Crippen LogP contribution in [0.3, 0.4) is 0 Å². The first kappa shape index (κ1) is 16.2. The van der Waals surface area contributed by atoms with Gasteiger partial charge in [0.15, 0.2) is 9.84 Å². The second kappa shape index (κ2) is 6.55. The number of likely N-dealkylation sites (N-methyl/N-ethyl adjacent to an activating group) is 1. The zero-order chi connectivity index (χ0) is 14.6. The van der Waals surface area contributed by atoms with Crippen molar-refractivity contribution in [3.63, 3.8) is 0 Å². The van der Waals surface area contributed by atoms with E-state index < -0.39 is 15.1 Å². The minimum Gasteiger partial charge on any atom is -0.338 e. The minimum atomic E-state index is -3.10. The molecule has 1 aliphatic rings. The van der Waals surface area contributed by atoms with Crippen molar-refractivity contribution in [3.05, 3.63) is 11.6 Å². The number of amides is 1. The van der Waals surface area contributed by atoms with E-state index in [4.69, 9.17) is 0 Å². The van der Waals surface area contributed by atoms with Crippen molar-refractivity contribution >= 4 is 15.7 Å². The van der Waals surface area contributed by atoms with E-state index in [1.54, 1.807) is 18.9 Å². The summed E-state index contributed by atoms with van der Waals surface area (Å²) in [5.74, 6) is -0.0533. The maximum absolute atomic E-state index is 12.3. The molecule has 1 fully saturated rings. The number of sulfone groups is 1. The summed E-state index contributed by atoms with van der Waals surface area (Å²) >= 11 is 0. The van der Waals surface area contributed by atoms with Gasteiger partial charge in [0.25, 0.3) is 0 Å². The molecule has 4 nitrogen and oxygen atoms in total. The highest BCUT2D eigenvalue weighted by atomic mass is 32.2. The van der Waals surface area contributed by atoms with Gasteiger partial charge in [-0.1, -0.05) is 25.8 Å². The zero-order valence-corrected chi connectivity index (χ0v) is 13.2. The van der Waals surface area contributed by atoms with Crippen LogP contribution in [-0.4, -0.2) is 43.8 Å². The number of carbonyl (C=O) groups is 1. The highest BCUT2D eigenvalue weighted by Gasteiger charge is 2.36. The lowest BCUT2D eigenvalue weighted by molar-refractivity contribution is -0.128. The molecule has 0 aromatic rings. The average Bonchev–Trinajstić information content (AvgIpc) is 2.36. The van der Waals surface area contributed by atoms with Gasteiger partial charge in [0.2, 0.25) is 5.91 Å². The van der Waals surface area contributed by atoms with E-state index in [9.17, 15) is 13.2 Å². The third-order valence-electron chi connectivity index (χ3n) is 3.88. The zero-order valence-electron chi connectivity index (χ0n) is 12.3. The van der Waals surface area contributed by atoms with Gasteiger partial charge in [-0.25, -0.2) is 8.42 Å². The second-order valence-corrected chi connectivity index (χ2v) is 7.70. The van der Waals surface area contributed by atoms with Gasteiger partial charge >= 0.3 is 0 Å². The van der Waals surface area contributed by atoms with Crippen LogP contribution in [0.15, 0.2) is 11.6 Å². The van der Waals surface area contributed by atoms with Crippen LogP contribution >= 0.6 is 0 Å². The lowest BCUT2D eigenvalue weighted by Gasteiger charge is -2.37. The highest BCUT2D eigenvalue weighted by Crippen LogP contribution is 2.28. The van der Waals surface area contributed by atoms with Crippen molar-refractivity contribution in [1.29, 1.82) is 0 Å². The van der Waals surface area contributed by atoms with Gasteiger partial charge < -0.3 is 4.90 Å². The summed E-state index contributed by atoms with van der Waals surface area (Å²) in [5.41, 5.74) is 0.697. The Kier molecular flexibility index (Phi) is 5.59. The summed E-state index contributed by atoms with van der Waals surface area (Å²) in [7, 11) is -1.38. The number of hydrogen-bond acceptors (Lipinski definition) is 3. The molecule has 0 heterocycles. The summed E-state index contributed by atoms with van der Waals surface area (Å²) in [4.78, 5) is 13.9. The molecular formula is C14H25NO3S. The number of hydrogen-bond donors (Lipinski definition) is 0. The molecule has 0 radical (unpaired) electrons. The van der Waals surface area contributed by atoms with Crippen molar-refractivity contribution in [3.8, 4) is 0 Å². The molecule has 1 saturated carbocycles. The largest absolute Gasteiger partial charge is 0.338 e. The molecule has 0 spiro atoms. The first-order valence-electron chi connectivity index (χ1n) is 6.91. The van der Waals surface area contributed by atoms with Gasteiger partial charge in [0.05, 0.1) is 5.25 Å². The summed E-state index contributed by atoms with van der Waals surface area (Å²) < 4.78 is 23.7. The maximum Gasteiger partial charge on any atom is 0.249 e. The van der Waals surface area contributed by atoms with Crippen molar-refractivity contribution in [2.24, 2.45) is 0 Å². The van der Waals surface area contributed by atoms with Gasteiger partial charge in [-0.3, -0.25) is 4.79 Å². The van der Waals surface area contributed by atoms with E-state index in [0.717, 1.165) is 25.7 Å². The molecule has 0 N–H and O–H groups in total. The Bertz CT molecular complexity index is 453. The Morgan fingerprint density at radius 1 is 1.32 bits per heavy atom. The predicted octanol–water partition coefficient (Wildman–Crippen LogP) is 2.16. The Balaban J connectivity index is 2.92. The van der Waals surface area contributed by atoms with Crippen LogP contribution in [0.4, 0.5) is 0 Å². The lowest BCUT2D eigenvalue weighted by Crippen LogP contribution is -2.49. The van der Waals surface area contributed by atoms with Crippen LogP contribution in [0.2, 0.25) is 0 Å². The van der Waals surface area contributed by atoms with E-state index >= 15 is 0 Å².